The van der Waals surface area contributed by atoms with Gasteiger partial charge in [0.25, 0.3) is 5.91 Å². The van der Waals surface area contributed by atoms with Crippen LogP contribution in [0, 0.1) is 5.92 Å². The fourth-order valence-electron chi connectivity index (χ4n) is 3.74. The summed E-state index contributed by atoms with van der Waals surface area (Å²) in [5, 5.41) is 11.2. The normalized spacial score (nSPS) is 26.0. The Morgan fingerprint density at radius 3 is 2.85 bits per heavy atom. The van der Waals surface area contributed by atoms with Gasteiger partial charge in [-0.2, -0.15) is 0 Å². The summed E-state index contributed by atoms with van der Waals surface area (Å²) in [6, 6.07) is 10.2. The van der Waals surface area contributed by atoms with Crippen molar-refractivity contribution in [3.8, 4) is 5.69 Å². The summed E-state index contributed by atoms with van der Waals surface area (Å²) < 4.78 is 7.58. The van der Waals surface area contributed by atoms with Crippen molar-refractivity contribution in [1.82, 2.24) is 25.2 Å². The molecule has 7 nitrogen and oxygen atoms in total. The van der Waals surface area contributed by atoms with E-state index < -0.39 is 0 Å². The topological polar surface area (TPSA) is 72.3 Å². The maximum atomic E-state index is 12.5. The Bertz CT molecular complexity index is 760. The molecule has 3 heterocycles. The van der Waals surface area contributed by atoms with Gasteiger partial charge in [-0.05, 0) is 24.5 Å². The van der Waals surface area contributed by atoms with Crippen LogP contribution >= 0.6 is 0 Å². The monoisotopic (exact) mass is 355 g/mol. The Balaban J connectivity index is 1.37. The number of morpholine rings is 1. The highest BCUT2D eigenvalue weighted by molar-refractivity contribution is 5.92. The largest absolute Gasteiger partial charge is 0.375 e. The van der Waals surface area contributed by atoms with Crippen molar-refractivity contribution in [2.75, 3.05) is 19.7 Å². The molecule has 1 N–H and O–H groups in total. The van der Waals surface area contributed by atoms with E-state index in [1.807, 2.05) is 30.3 Å². The Morgan fingerprint density at radius 2 is 2.08 bits per heavy atom. The number of hydrogen-bond donors (Lipinski definition) is 1. The molecule has 1 aromatic carbocycles. The Kier molecular flexibility index (Phi) is 4.74. The van der Waals surface area contributed by atoms with Gasteiger partial charge in [-0.25, -0.2) is 4.68 Å². The number of nitrogens with one attached hydrogen (secondary N) is 1. The number of ether oxygens (including phenoxy) is 1. The summed E-state index contributed by atoms with van der Waals surface area (Å²) in [6.45, 7) is 6.95. The van der Waals surface area contributed by atoms with Crippen LogP contribution in [0.4, 0.5) is 0 Å². The van der Waals surface area contributed by atoms with E-state index in [0.717, 1.165) is 31.8 Å². The molecular weight excluding hydrogens is 330 g/mol. The first-order valence-electron chi connectivity index (χ1n) is 9.24. The number of aromatic nitrogens is 3. The van der Waals surface area contributed by atoms with Crippen LogP contribution in [0.1, 0.15) is 30.8 Å². The van der Waals surface area contributed by atoms with Gasteiger partial charge < -0.3 is 10.1 Å². The number of fused-ring (bicyclic) bond motifs is 1. The van der Waals surface area contributed by atoms with Crippen molar-refractivity contribution in [2.45, 2.75) is 38.5 Å². The molecule has 7 heteroatoms. The highest BCUT2D eigenvalue weighted by atomic mass is 16.5. The first-order chi connectivity index (χ1) is 12.6. The Morgan fingerprint density at radius 1 is 1.27 bits per heavy atom. The van der Waals surface area contributed by atoms with Gasteiger partial charge in [0.15, 0.2) is 5.69 Å². The molecule has 1 aromatic heterocycles. The van der Waals surface area contributed by atoms with Gasteiger partial charge in [-0.3, -0.25) is 9.69 Å². The predicted octanol–water partition coefficient (Wildman–Crippen LogP) is 1.49. The van der Waals surface area contributed by atoms with Crippen LogP contribution in [-0.4, -0.2) is 63.7 Å². The van der Waals surface area contributed by atoms with E-state index >= 15 is 0 Å². The van der Waals surface area contributed by atoms with Gasteiger partial charge in [-0.1, -0.05) is 37.3 Å². The molecule has 0 spiro atoms. The zero-order valence-electron chi connectivity index (χ0n) is 15.2. The first-order valence-corrected chi connectivity index (χ1v) is 9.24. The summed E-state index contributed by atoms with van der Waals surface area (Å²) >= 11 is 0. The van der Waals surface area contributed by atoms with E-state index in [1.54, 1.807) is 10.9 Å². The molecule has 1 amide bonds. The quantitative estimate of drug-likeness (QED) is 0.900. The molecule has 2 aliphatic rings. The van der Waals surface area contributed by atoms with E-state index in [0.29, 0.717) is 17.7 Å². The molecule has 0 unspecified atom stereocenters. The fraction of sp³-hybridized carbons (Fsp3) is 0.526. The van der Waals surface area contributed by atoms with Crippen LogP contribution < -0.4 is 5.32 Å². The highest BCUT2D eigenvalue weighted by Gasteiger charge is 2.38. The third kappa shape index (κ3) is 3.50. The summed E-state index contributed by atoms with van der Waals surface area (Å²) in [5.41, 5.74) is 1.23. The van der Waals surface area contributed by atoms with Crippen molar-refractivity contribution in [3.63, 3.8) is 0 Å². The molecular formula is C19H25N5O2. The Hall–Kier alpha value is -2.25. The second kappa shape index (κ2) is 7.17. The van der Waals surface area contributed by atoms with Gasteiger partial charge in [-0.15, -0.1) is 5.10 Å². The number of amides is 1. The molecule has 26 heavy (non-hydrogen) atoms. The molecule has 0 aliphatic carbocycles. The molecule has 4 rings (SSSR count). The zero-order chi connectivity index (χ0) is 18.1. The van der Waals surface area contributed by atoms with Gasteiger partial charge in [0.05, 0.1) is 24.6 Å². The molecule has 2 aromatic rings. The third-order valence-electron chi connectivity index (χ3n) is 5.27. The average molecular weight is 355 g/mol. The van der Waals surface area contributed by atoms with Crippen LogP contribution in [-0.2, 0) is 4.74 Å². The molecule has 2 fully saturated rings. The zero-order valence-corrected chi connectivity index (χ0v) is 15.2. The fourth-order valence-corrected chi connectivity index (χ4v) is 3.74. The lowest BCUT2D eigenvalue weighted by Crippen LogP contribution is -2.48. The summed E-state index contributed by atoms with van der Waals surface area (Å²) in [7, 11) is 0. The van der Waals surface area contributed by atoms with Gasteiger partial charge in [0.2, 0.25) is 0 Å². The number of benzene rings is 1. The van der Waals surface area contributed by atoms with Crippen LogP contribution in [0.2, 0.25) is 0 Å². The van der Waals surface area contributed by atoms with Crippen LogP contribution in [0.25, 0.3) is 5.69 Å². The smallest absolute Gasteiger partial charge is 0.273 e. The minimum absolute atomic E-state index is 0.129. The number of para-hydroxylation sites is 1. The lowest BCUT2D eigenvalue weighted by Gasteiger charge is -2.36. The highest BCUT2D eigenvalue weighted by Crippen LogP contribution is 2.25. The number of rotatable bonds is 4. The van der Waals surface area contributed by atoms with Crippen LogP contribution in [0.15, 0.2) is 36.5 Å². The van der Waals surface area contributed by atoms with E-state index in [-0.39, 0.29) is 18.1 Å². The predicted molar refractivity (Wildman–Crippen MR) is 97.2 cm³/mol. The van der Waals surface area contributed by atoms with Gasteiger partial charge >= 0.3 is 0 Å². The van der Waals surface area contributed by atoms with Crippen molar-refractivity contribution in [3.05, 3.63) is 42.2 Å². The number of nitrogens with zero attached hydrogens (tertiary/aromatic N) is 4. The van der Waals surface area contributed by atoms with Crippen molar-refractivity contribution in [2.24, 2.45) is 5.92 Å². The number of carbonyl (C=O) groups excluding carboxylic acids is 1. The summed E-state index contributed by atoms with van der Waals surface area (Å²) in [5.74, 6) is 0.343. The van der Waals surface area contributed by atoms with Crippen LogP contribution in [0.3, 0.4) is 0 Å². The van der Waals surface area contributed by atoms with E-state index in [9.17, 15) is 4.79 Å². The second-order valence-corrected chi connectivity index (χ2v) is 7.51. The maximum Gasteiger partial charge on any atom is 0.273 e. The second-order valence-electron chi connectivity index (χ2n) is 7.51. The number of hydrogen-bond acceptors (Lipinski definition) is 5. The SMILES string of the molecule is CC(C)[C@H]1CN2C[C@H](NC(=O)c3cn(-c4ccccc4)nn3)C[C@H]2CO1. The molecule has 0 saturated carbocycles. The van der Waals surface area contributed by atoms with E-state index in [1.165, 1.54) is 0 Å². The van der Waals surface area contributed by atoms with Crippen molar-refractivity contribution >= 4 is 5.91 Å². The Labute approximate surface area is 153 Å². The minimum Gasteiger partial charge on any atom is -0.375 e. The average Bonchev–Trinajstić information content (AvgIpc) is 3.28. The molecule has 0 radical (unpaired) electrons. The lowest BCUT2D eigenvalue weighted by molar-refractivity contribution is -0.0683. The molecule has 138 valence electrons. The molecule has 3 atom stereocenters. The van der Waals surface area contributed by atoms with Gasteiger partial charge in [0, 0.05) is 25.2 Å². The van der Waals surface area contributed by atoms with Crippen molar-refractivity contribution < 1.29 is 9.53 Å². The first kappa shape index (κ1) is 17.2. The number of carbonyl (C=O) groups is 1. The maximum absolute atomic E-state index is 12.5. The third-order valence-corrected chi connectivity index (χ3v) is 5.27. The van der Waals surface area contributed by atoms with E-state index in [2.05, 4.69) is 34.4 Å². The molecule has 0 bridgehead atoms. The summed E-state index contributed by atoms with van der Waals surface area (Å²) in [4.78, 5) is 15.0. The molecule has 2 aliphatic heterocycles. The van der Waals surface area contributed by atoms with Crippen molar-refractivity contribution in [1.29, 1.82) is 0 Å². The minimum atomic E-state index is -0.168. The standard InChI is InChI=1S/C19H25N5O2/c1-13(2)18-11-23-9-14(8-16(23)12-26-18)20-19(25)17-10-24(22-21-17)15-6-4-3-5-7-15/h3-7,10,13-14,16,18H,8-9,11-12H2,1-2H3,(H,20,25)/t14-,16+,18-/m1/s1. The lowest BCUT2D eigenvalue weighted by atomic mass is 10.0. The van der Waals surface area contributed by atoms with Gasteiger partial charge in [0.1, 0.15) is 0 Å². The summed E-state index contributed by atoms with van der Waals surface area (Å²) in [6.07, 6.45) is 2.88. The molecule has 2 saturated heterocycles. The van der Waals surface area contributed by atoms with E-state index in [4.69, 9.17) is 4.74 Å². The van der Waals surface area contributed by atoms with Crippen LogP contribution in [0.5, 0.6) is 0 Å².